The molecule has 2 aliphatic rings. The molecule has 284 valence electrons. The predicted molar refractivity (Wildman–Crippen MR) is 205 cm³/mol. The molecule has 5 rings (SSSR count). The molecule has 0 radical (unpaired) electrons. The zero-order valence-electron chi connectivity index (χ0n) is 31.4. The number of carbonyl (C=O) groups is 5. The summed E-state index contributed by atoms with van der Waals surface area (Å²) >= 11 is 1.08. The van der Waals surface area contributed by atoms with Crippen molar-refractivity contribution in [1.29, 1.82) is 0 Å². The molecule has 1 saturated heterocycles. The topological polar surface area (TPSA) is 149 Å². The van der Waals surface area contributed by atoms with Crippen molar-refractivity contribution >= 4 is 40.8 Å². The van der Waals surface area contributed by atoms with Crippen LogP contribution in [-0.2, 0) is 27.3 Å². The molecular weight excluding hydrogens is 691 g/mol. The molecular formula is C41H53N5O6S. The number of Topliss-reactive ketones (excluding diaryl/α,β-unsaturated/α-hetero) is 1. The van der Waals surface area contributed by atoms with Gasteiger partial charge in [-0.2, -0.15) is 0 Å². The number of aliphatic carboxylic acids is 1. The van der Waals surface area contributed by atoms with Crippen LogP contribution in [-0.4, -0.2) is 87.1 Å². The Labute approximate surface area is 316 Å². The summed E-state index contributed by atoms with van der Waals surface area (Å²) in [5, 5.41) is 17.6. The summed E-state index contributed by atoms with van der Waals surface area (Å²) in [6, 6.07) is 15.0. The maximum Gasteiger partial charge on any atom is 0.311 e. The lowest BCUT2D eigenvalue weighted by molar-refractivity contribution is -0.142. The molecule has 2 aromatic carbocycles. The van der Waals surface area contributed by atoms with Crippen molar-refractivity contribution in [3.05, 3.63) is 87.4 Å². The summed E-state index contributed by atoms with van der Waals surface area (Å²) in [5.41, 5.74) is 2.65. The molecule has 3 unspecified atom stereocenters. The van der Waals surface area contributed by atoms with Crippen molar-refractivity contribution in [1.82, 2.24) is 25.4 Å². The van der Waals surface area contributed by atoms with E-state index in [9.17, 15) is 29.1 Å². The molecule has 1 aliphatic carbocycles. The lowest BCUT2D eigenvalue weighted by atomic mass is 9.80. The minimum absolute atomic E-state index is 0.0168. The molecule has 6 atom stereocenters. The first-order valence-corrected chi connectivity index (χ1v) is 19.7. The molecule has 3 N–H and O–H groups in total. The molecule has 0 bridgehead atoms. The highest BCUT2D eigenvalue weighted by Gasteiger charge is 2.38. The number of piperidine rings is 1. The van der Waals surface area contributed by atoms with Crippen molar-refractivity contribution < 1.29 is 29.1 Å². The summed E-state index contributed by atoms with van der Waals surface area (Å²) in [7, 11) is 1.95. The Morgan fingerprint density at radius 1 is 1.02 bits per heavy atom. The van der Waals surface area contributed by atoms with Crippen LogP contribution >= 0.6 is 11.3 Å². The van der Waals surface area contributed by atoms with Crippen molar-refractivity contribution in [3.63, 3.8) is 0 Å². The molecule has 3 aromatic rings. The second-order valence-corrected chi connectivity index (χ2v) is 15.9. The van der Waals surface area contributed by atoms with Crippen LogP contribution in [0.25, 0.3) is 0 Å². The van der Waals surface area contributed by atoms with E-state index in [0.29, 0.717) is 12.8 Å². The Bertz CT molecular complexity index is 1760. The van der Waals surface area contributed by atoms with Crippen LogP contribution < -0.4 is 10.6 Å². The molecule has 3 amide bonds. The lowest BCUT2D eigenvalue weighted by Crippen LogP contribution is -2.58. The molecule has 1 fully saturated rings. The quantitative estimate of drug-likeness (QED) is 0.168. The number of rotatable bonds is 15. The number of fused-ring (bicyclic) bond motifs is 1. The number of ketones is 1. The Morgan fingerprint density at radius 3 is 2.42 bits per heavy atom. The minimum atomic E-state index is -0.938. The van der Waals surface area contributed by atoms with Crippen molar-refractivity contribution in [2.45, 2.75) is 109 Å². The molecule has 0 saturated carbocycles. The van der Waals surface area contributed by atoms with Gasteiger partial charge in [0, 0.05) is 30.4 Å². The average molecular weight is 744 g/mol. The van der Waals surface area contributed by atoms with Gasteiger partial charge in [-0.05, 0) is 67.8 Å². The van der Waals surface area contributed by atoms with Crippen LogP contribution in [0.4, 0.5) is 0 Å². The van der Waals surface area contributed by atoms with Gasteiger partial charge in [0.1, 0.15) is 11.7 Å². The van der Waals surface area contributed by atoms with Crippen LogP contribution in [0.3, 0.4) is 0 Å². The van der Waals surface area contributed by atoms with Gasteiger partial charge in [0.2, 0.25) is 11.8 Å². The summed E-state index contributed by atoms with van der Waals surface area (Å²) in [4.78, 5) is 75.9. The third-order valence-electron chi connectivity index (χ3n) is 10.9. The molecule has 11 nitrogen and oxygen atoms in total. The van der Waals surface area contributed by atoms with Gasteiger partial charge in [0.05, 0.1) is 12.0 Å². The number of hydrogen-bond donors (Lipinski definition) is 3. The van der Waals surface area contributed by atoms with Crippen LogP contribution in [0.1, 0.15) is 109 Å². The van der Waals surface area contributed by atoms with Crippen LogP contribution in [0.5, 0.6) is 0 Å². The van der Waals surface area contributed by atoms with E-state index >= 15 is 0 Å². The highest BCUT2D eigenvalue weighted by molar-refractivity contribution is 7.12. The number of carbonyl (C=O) groups excluding carboxylic acids is 4. The van der Waals surface area contributed by atoms with E-state index < -0.39 is 35.9 Å². The maximum atomic E-state index is 14.7. The van der Waals surface area contributed by atoms with Crippen LogP contribution in [0.2, 0.25) is 0 Å². The lowest BCUT2D eigenvalue weighted by Gasteiger charge is -2.39. The fourth-order valence-electron chi connectivity index (χ4n) is 7.57. The molecule has 1 aromatic heterocycles. The van der Waals surface area contributed by atoms with Gasteiger partial charge in [-0.1, -0.05) is 95.1 Å². The standard InChI is InChI=1S/C41H53N5O6S/c1-6-26(4)36(44-38(49)33-18-12-13-19-45(33)5)40(50)46(23-27-14-8-7-9-15-27)34(25(2)3)22-35(47)39-43-32(24-53-39)37(48)42-29-20-28-16-10-11-17-30(28)31(21-29)41(51)52/h7-11,14-17,24-26,29,31,33-34,36H,6,12-13,18-23H2,1-5H3,(H,42,48)(H,44,49)(H,51,52)/t26?,29-,31+,33?,34+,36?/m0/s1. The number of carboxylic acid groups (broad SMARTS) is 1. The van der Waals surface area contributed by atoms with Gasteiger partial charge in [-0.25, -0.2) is 4.98 Å². The Hall–Kier alpha value is -4.42. The van der Waals surface area contributed by atoms with E-state index in [4.69, 9.17) is 0 Å². The Kier molecular flexibility index (Phi) is 13.6. The number of thiazole rings is 1. The number of likely N-dealkylation sites (tertiary alicyclic amines) is 1. The largest absolute Gasteiger partial charge is 0.481 e. The van der Waals surface area contributed by atoms with Crippen molar-refractivity contribution in [2.24, 2.45) is 11.8 Å². The van der Waals surface area contributed by atoms with Gasteiger partial charge < -0.3 is 20.6 Å². The smallest absolute Gasteiger partial charge is 0.311 e. The van der Waals surface area contributed by atoms with Crippen LogP contribution in [0.15, 0.2) is 60.0 Å². The van der Waals surface area contributed by atoms with E-state index in [0.717, 1.165) is 53.8 Å². The number of nitrogens with zero attached hydrogens (tertiary/aromatic N) is 3. The maximum absolute atomic E-state index is 14.7. The Balaban J connectivity index is 1.34. The minimum Gasteiger partial charge on any atom is -0.481 e. The van der Waals surface area contributed by atoms with Gasteiger partial charge in [0.15, 0.2) is 10.8 Å². The normalized spacial score (nSPS) is 20.5. The number of benzene rings is 2. The number of nitrogens with one attached hydrogen (secondary N) is 2. The fraction of sp³-hybridized carbons (Fsp3) is 0.512. The fourth-order valence-corrected chi connectivity index (χ4v) is 8.32. The predicted octanol–water partition coefficient (Wildman–Crippen LogP) is 5.70. The molecule has 12 heteroatoms. The highest BCUT2D eigenvalue weighted by Crippen LogP contribution is 2.32. The zero-order valence-corrected chi connectivity index (χ0v) is 32.2. The third-order valence-corrected chi connectivity index (χ3v) is 11.8. The van der Waals surface area contributed by atoms with E-state index in [1.807, 2.05) is 89.3 Å². The van der Waals surface area contributed by atoms with E-state index in [-0.39, 0.29) is 65.6 Å². The number of likely N-dealkylation sites (N-methyl/N-ethyl adjacent to an activating group) is 1. The van der Waals surface area contributed by atoms with Crippen LogP contribution in [0, 0.1) is 11.8 Å². The summed E-state index contributed by atoms with van der Waals surface area (Å²) in [6.07, 6.45) is 4.15. The van der Waals surface area contributed by atoms with E-state index in [1.165, 1.54) is 0 Å². The molecule has 53 heavy (non-hydrogen) atoms. The summed E-state index contributed by atoms with van der Waals surface area (Å²) in [5.74, 6) is -3.06. The third kappa shape index (κ3) is 9.77. The van der Waals surface area contributed by atoms with Crippen molar-refractivity contribution in [3.8, 4) is 0 Å². The SMILES string of the molecule is CCC(C)C(NC(=O)C1CCCCN1C)C(=O)N(Cc1ccccc1)[C@H](CC(=O)c1nc(C(=O)N[C@H]2Cc3ccccc3[C@H](C(=O)O)C2)cs1)C(C)C. The van der Waals surface area contributed by atoms with Gasteiger partial charge in [-0.3, -0.25) is 28.9 Å². The number of aromatic nitrogens is 1. The Morgan fingerprint density at radius 2 is 1.74 bits per heavy atom. The average Bonchev–Trinajstić information content (AvgIpc) is 3.66. The second-order valence-electron chi connectivity index (χ2n) is 15.0. The first-order chi connectivity index (χ1) is 25.4. The second kappa shape index (κ2) is 18.1. The van der Waals surface area contributed by atoms with E-state index in [2.05, 4.69) is 20.5 Å². The molecule has 2 heterocycles. The number of hydrogen-bond acceptors (Lipinski definition) is 8. The summed E-state index contributed by atoms with van der Waals surface area (Å²) < 4.78 is 0. The number of amides is 3. The first kappa shape index (κ1) is 39.8. The number of carboxylic acids is 1. The molecule has 0 spiro atoms. The summed E-state index contributed by atoms with van der Waals surface area (Å²) in [6.45, 7) is 9.02. The first-order valence-electron chi connectivity index (χ1n) is 18.8. The molecule has 1 aliphatic heterocycles. The monoisotopic (exact) mass is 743 g/mol. The van der Waals surface area contributed by atoms with Gasteiger partial charge >= 0.3 is 5.97 Å². The zero-order chi connectivity index (χ0) is 38.2. The highest BCUT2D eigenvalue weighted by atomic mass is 32.1. The van der Waals surface area contributed by atoms with Gasteiger partial charge in [-0.15, -0.1) is 11.3 Å². The van der Waals surface area contributed by atoms with E-state index in [1.54, 1.807) is 10.3 Å². The van der Waals surface area contributed by atoms with Crippen molar-refractivity contribution in [2.75, 3.05) is 13.6 Å². The van der Waals surface area contributed by atoms with Gasteiger partial charge in [0.25, 0.3) is 5.91 Å².